The zero-order valence-corrected chi connectivity index (χ0v) is 13.7. The van der Waals surface area contributed by atoms with Gasteiger partial charge in [-0.25, -0.2) is 0 Å². The molecule has 0 saturated carbocycles. The molecule has 0 saturated heterocycles. The molecule has 1 atom stereocenters. The maximum Gasteiger partial charge on any atom is 0.457 e. The van der Waals surface area contributed by atoms with Crippen LogP contribution in [0.5, 0.6) is 0 Å². The molecule has 0 aliphatic heterocycles. The average Bonchev–Trinajstić information content (AvgIpc) is 2.53. The van der Waals surface area contributed by atoms with Crippen LogP contribution in [0.2, 0.25) is 0 Å². The summed E-state index contributed by atoms with van der Waals surface area (Å²) in [5.74, 6) is -5.71. The van der Waals surface area contributed by atoms with Crippen LogP contribution in [0.1, 0.15) is 11.1 Å². The Labute approximate surface area is 146 Å². The molecule has 2 aromatic rings. The molecule has 0 bridgehead atoms. The lowest BCUT2D eigenvalue weighted by Gasteiger charge is -2.37. The predicted molar refractivity (Wildman–Crippen MR) is 81.2 cm³/mol. The molecule has 0 spiro atoms. The topological polar surface area (TPSA) is 63.4 Å². The van der Waals surface area contributed by atoms with Gasteiger partial charge < -0.3 is 5.11 Å². The summed E-state index contributed by atoms with van der Waals surface area (Å²) in [5.41, 5.74) is -7.11. The fraction of sp³-hybridized carbons (Fsp3) is 0.200. The second kappa shape index (κ2) is 6.34. The molecule has 0 heterocycles. The van der Waals surface area contributed by atoms with Crippen molar-refractivity contribution < 1.29 is 32.0 Å². The maximum atomic E-state index is 14.4. The average molecular weight is 426 g/mol. The van der Waals surface area contributed by atoms with Gasteiger partial charge >= 0.3 is 12.1 Å². The van der Waals surface area contributed by atoms with Crippen molar-refractivity contribution in [3.63, 3.8) is 0 Å². The molecule has 0 radical (unpaired) electrons. The summed E-state index contributed by atoms with van der Waals surface area (Å²) in [6.07, 6.45) is -6.17. The quantitative estimate of drug-likeness (QED) is 0.435. The van der Waals surface area contributed by atoms with E-state index < -0.39 is 39.4 Å². The van der Waals surface area contributed by atoms with Crippen LogP contribution in [-0.2, 0) is 5.60 Å². The lowest BCUT2D eigenvalue weighted by molar-refractivity contribution is -0.389. The number of nitro benzene ring substituents is 1. The summed E-state index contributed by atoms with van der Waals surface area (Å²) in [4.78, 5) is 9.98. The lowest BCUT2D eigenvalue weighted by atomic mass is 9.79. The summed E-state index contributed by atoms with van der Waals surface area (Å²) >= 11 is 2.82. The van der Waals surface area contributed by atoms with Gasteiger partial charge in [0.2, 0.25) is 0 Å². The fourth-order valence-electron chi connectivity index (χ4n) is 2.38. The molecule has 134 valence electrons. The molecule has 0 aromatic heterocycles. The SMILES string of the molecule is O=[N+]([O-])c1ccccc1C(O)(c1ccccc1Br)C(F)(F)C(F)(F)F. The normalized spacial score (nSPS) is 14.8. The van der Waals surface area contributed by atoms with Crippen LogP contribution in [0.25, 0.3) is 0 Å². The van der Waals surface area contributed by atoms with Gasteiger partial charge in [-0.15, -0.1) is 0 Å². The Kier molecular flexibility index (Phi) is 4.88. The second-order valence-corrected chi connectivity index (χ2v) is 5.89. The van der Waals surface area contributed by atoms with E-state index in [9.17, 15) is 37.2 Å². The van der Waals surface area contributed by atoms with Gasteiger partial charge in [0.1, 0.15) is 0 Å². The van der Waals surface area contributed by atoms with Crippen LogP contribution in [0.4, 0.5) is 27.6 Å². The third-order valence-corrected chi connectivity index (χ3v) is 4.26. The Bertz CT molecular complexity index is 812. The number of nitrogens with zero attached hydrogens (tertiary/aromatic N) is 1. The zero-order chi connectivity index (χ0) is 19.0. The number of hydrogen-bond donors (Lipinski definition) is 1. The third-order valence-electron chi connectivity index (χ3n) is 3.56. The van der Waals surface area contributed by atoms with E-state index in [1.807, 2.05) is 0 Å². The highest BCUT2D eigenvalue weighted by atomic mass is 79.9. The van der Waals surface area contributed by atoms with Crippen molar-refractivity contribution in [2.75, 3.05) is 0 Å². The first-order chi connectivity index (χ1) is 11.4. The molecule has 0 fully saturated rings. The molecule has 0 aliphatic carbocycles. The van der Waals surface area contributed by atoms with Crippen LogP contribution >= 0.6 is 15.9 Å². The number of aliphatic hydroxyl groups is 1. The largest absolute Gasteiger partial charge is 0.457 e. The van der Waals surface area contributed by atoms with Gasteiger partial charge in [-0.05, 0) is 12.1 Å². The minimum Gasteiger partial charge on any atom is -0.374 e. The van der Waals surface area contributed by atoms with Gasteiger partial charge in [0.25, 0.3) is 5.69 Å². The van der Waals surface area contributed by atoms with E-state index in [4.69, 9.17) is 0 Å². The van der Waals surface area contributed by atoms with Crippen LogP contribution in [0.3, 0.4) is 0 Å². The van der Waals surface area contributed by atoms with E-state index in [0.29, 0.717) is 6.07 Å². The molecule has 2 rings (SSSR count). The van der Waals surface area contributed by atoms with Gasteiger partial charge in [-0.1, -0.05) is 46.3 Å². The van der Waals surface area contributed by atoms with Crippen molar-refractivity contribution in [1.82, 2.24) is 0 Å². The molecule has 0 aliphatic rings. The van der Waals surface area contributed by atoms with Crippen molar-refractivity contribution in [3.8, 4) is 0 Å². The number of hydrogen-bond acceptors (Lipinski definition) is 3. The summed E-state index contributed by atoms with van der Waals surface area (Å²) in [6.45, 7) is 0. The van der Waals surface area contributed by atoms with E-state index in [1.165, 1.54) is 6.07 Å². The third kappa shape index (κ3) is 2.99. The molecule has 25 heavy (non-hydrogen) atoms. The standard InChI is InChI=1S/C15H9BrF5NO3/c16-11-7-3-1-5-9(11)13(23,14(17,18)15(19,20)21)10-6-2-4-8-12(10)22(24)25/h1-8,23H. The molecule has 1 N–H and O–H groups in total. The number of para-hydroxylation sites is 1. The number of benzene rings is 2. The first-order valence-corrected chi connectivity index (χ1v) is 7.39. The minimum atomic E-state index is -6.17. The summed E-state index contributed by atoms with van der Waals surface area (Å²) < 4.78 is 67.7. The highest BCUT2D eigenvalue weighted by Crippen LogP contribution is 2.54. The number of nitro groups is 1. The van der Waals surface area contributed by atoms with Gasteiger partial charge in [-0.2, -0.15) is 22.0 Å². The van der Waals surface area contributed by atoms with Crippen LogP contribution in [0, 0.1) is 10.1 Å². The monoisotopic (exact) mass is 425 g/mol. The smallest absolute Gasteiger partial charge is 0.374 e. The summed E-state index contributed by atoms with van der Waals surface area (Å²) in [5, 5.41) is 21.7. The van der Waals surface area contributed by atoms with Gasteiger partial charge in [0, 0.05) is 16.1 Å². The number of rotatable bonds is 4. The van der Waals surface area contributed by atoms with Crippen LogP contribution in [-0.4, -0.2) is 22.1 Å². The second-order valence-electron chi connectivity index (χ2n) is 5.04. The predicted octanol–water partition coefficient (Wildman–Crippen LogP) is 4.79. The summed E-state index contributed by atoms with van der Waals surface area (Å²) in [7, 11) is 0. The molecule has 10 heteroatoms. The Morgan fingerprint density at radius 3 is 1.88 bits per heavy atom. The maximum absolute atomic E-state index is 14.4. The molecular weight excluding hydrogens is 417 g/mol. The highest BCUT2D eigenvalue weighted by molar-refractivity contribution is 9.10. The van der Waals surface area contributed by atoms with Crippen molar-refractivity contribution in [1.29, 1.82) is 0 Å². The number of halogens is 6. The Balaban J connectivity index is 2.94. The van der Waals surface area contributed by atoms with E-state index in [0.717, 1.165) is 36.4 Å². The Hall–Kier alpha value is -2.07. The fourth-order valence-corrected chi connectivity index (χ4v) is 2.95. The highest BCUT2D eigenvalue weighted by Gasteiger charge is 2.72. The van der Waals surface area contributed by atoms with Crippen molar-refractivity contribution in [2.45, 2.75) is 17.7 Å². The first kappa shape index (κ1) is 19.3. The minimum absolute atomic E-state index is 0.264. The number of alkyl halides is 5. The zero-order valence-electron chi connectivity index (χ0n) is 12.1. The van der Waals surface area contributed by atoms with E-state index in [-0.39, 0.29) is 4.47 Å². The van der Waals surface area contributed by atoms with Crippen LogP contribution in [0.15, 0.2) is 53.0 Å². The molecule has 1 unspecified atom stereocenters. The van der Waals surface area contributed by atoms with E-state index in [1.54, 1.807) is 0 Å². The first-order valence-electron chi connectivity index (χ1n) is 6.60. The van der Waals surface area contributed by atoms with Crippen molar-refractivity contribution in [2.24, 2.45) is 0 Å². The van der Waals surface area contributed by atoms with Gasteiger partial charge in [0.15, 0.2) is 5.60 Å². The Morgan fingerprint density at radius 1 is 0.920 bits per heavy atom. The molecule has 2 aromatic carbocycles. The van der Waals surface area contributed by atoms with Crippen molar-refractivity contribution >= 4 is 21.6 Å². The van der Waals surface area contributed by atoms with Crippen LogP contribution < -0.4 is 0 Å². The summed E-state index contributed by atoms with van der Waals surface area (Å²) in [6, 6.07) is 7.96. The van der Waals surface area contributed by atoms with E-state index >= 15 is 0 Å². The van der Waals surface area contributed by atoms with Gasteiger partial charge in [0.05, 0.1) is 10.5 Å². The van der Waals surface area contributed by atoms with E-state index in [2.05, 4.69) is 15.9 Å². The Morgan fingerprint density at radius 2 is 1.40 bits per heavy atom. The lowest BCUT2D eigenvalue weighted by Crippen LogP contribution is -2.56. The van der Waals surface area contributed by atoms with Crippen molar-refractivity contribution in [3.05, 3.63) is 74.2 Å². The molecular formula is C15H9BrF5NO3. The molecule has 0 amide bonds. The van der Waals surface area contributed by atoms with Gasteiger partial charge in [-0.3, -0.25) is 10.1 Å². The molecule has 4 nitrogen and oxygen atoms in total.